The zero-order valence-corrected chi connectivity index (χ0v) is 23.0. The number of hydrogen-bond donors (Lipinski definition) is 2. The van der Waals surface area contributed by atoms with Gasteiger partial charge in [0.25, 0.3) is 0 Å². The minimum absolute atomic E-state index is 0.253. The van der Waals surface area contributed by atoms with Crippen LogP contribution in [0, 0.1) is 6.92 Å². The number of fused-ring (bicyclic) bond motifs is 1. The molecule has 4 nitrogen and oxygen atoms in total. The van der Waals surface area contributed by atoms with E-state index in [1.54, 1.807) is 0 Å². The minimum atomic E-state index is -0.321. The molecule has 36 heavy (non-hydrogen) atoms. The van der Waals surface area contributed by atoms with Crippen molar-refractivity contribution < 1.29 is 0 Å². The Kier molecular flexibility index (Phi) is 8.76. The van der Waals surface area contributed by atoms with Crippen LogP contribution in [0.25, 0.3) is 16.6 Å². The molecule has 0 aliphatic heterocycles. The molecule has 0 amide bonds. The molecule has 1 saturated carbocycles. The van der Waals surface area contributed by atoms with Crippen molar-refractivity contribution in [1.29, 1.82) is 0 Å². The van der Waals surface area contributed by atoms with Gasteiger partial charge in [-0.3, -0.25) is 0 Å². The lowest BCUT2D eigenvalue weighted by Gasteiger charge is -2.21. The second kappa shape index (κ2) is 12.0. The maximum absolute atomic E-state index is 4.33. The summed E-state index contributed by atoms with van der Waals surface area (Å²) >= 11 is 0. The average Bonchev–Trinajstić information content (AvgIpc) is 3.23. The molecule has 4 rings (SSSR count). The number of aromatic nitrogens is 1. The Morgan fingerprint density at radius 2 is 1.92 bits per heavy atom. The predicted octanol–water partition coefficient (Wildman–Crippen LogP) is 6.99. The first-order chi connectivity index (χ1) is 17.4. The SMILES string of the molecule is C=CNC(Cc1ccccc1C)Cn1cc(C2CCCCC2)c2ccc(C(=C)NS(=C)N(C)C)cc21. The molecule has 2 unspecified atom stereocenters. The van der Waals surface area contributed by atoms with Gasteiger partial charge >= 0.3 is 0 Å². The van der Waals surface area contributed by atoms with E-state index in [2.05, 4.69) is 93.5 Å². The summed E-state index contributed by atoms with van der Waals surface area (Å²) in [6.45, 7) is 11.4. The molecule has 1 aromatic heterocycles. The van der Waals surface area contributed by atoms with E-state index in [4.69, 9.17) is 0 Å². The van der Waals surface area contributed by atoms with Gasteiger partial charge < -0.3 is 14.6 Å². The van der Waals surface area contributed by atoms with E-state index in [1.807, 2.05) is 20.3 Å². The Morgan fingerprint density at radius 1 is 1.17 bits per heavy atom. The first-order valence-corrected chi connectivity index (χ1v) is 14.4. The van der Waals surface area contributed by atoms with E-state index in [-0.39, 0.29) is 16.9 Å². The number of aryl methyl sites for hydroxylation is 1. The first-order valence-electron chi connectivity index (χ1n) is 13.1. The molecular formula is C31H42N4S. The van der Waals surface area contributed by atoms with Gasteiger partial charge in [0.05, 0.1) is 0 Å². The summed E-state index contributed by atoms with van der Waals surface area (Å²) in [5.74, 6) is 4.86. The van der Waals surface area contributed by atoms with Crippen LogP contribution in [-0.4, -0.2) is 34.9 Å². The lowest BCUT2D eigenvalue weighted by Crippen LogP contribution is -2.31. The van der Waals surface area contributed by atoms with Gasteiger partial charge in [0, 0.05) is 35.4 Å². The summed E-state index contributed by atoms with van der Waals surface area (Å²) in [6.07, 6.45) is 11.8. The molecule has 1 aliphatic carbocycles. The molecule has 1 heterocycles. The van der Waals surface area contributed by atoms with E-state index < -0.39 is 0 Å². The highest BCUT2D eigenvalue weighted by atomic mass is 32.2. The Morgan fingerprint density at radius 3 is 2.61 bits per heavy atom. The molecule has 0 radical (unpaired) electrons. The van der Waals surface area contributed by atoms with Gasteiger partial charge in [-0.2, -0.15) is 0 Å². The summed E-state index contributed by atoms with van der Waals surface area (Å²) < 4.78 is 8.00. The van der Waals surface area contributed by atoms with E-state index in [0.29, 0.717) is 5.92 Å². The van der Waals surface area contributed by atoms with Crippen molar-refractivity contribution in [3.05, 3.63) is 90.3 Å². The fourth-order valence-electron chi connectivity index (χ4n) is 5.38. The van der Waals surface area contributed by atoms with Crippen molar-refractivity contribution >= 4 is 33.3 Å². The summed E-state index contributed by atoms with van der Waals surface area (Å²) in [5, 5.41) is 4.92. The molecule has 5 heteroatoms. The van der Waals surface area contributed by atoms with Gasteiger partial charge in [-0.05, 0) is 97.4 Å². The normalized spacial score (nSPS) is 16.1. The largest absolute Gasteiger partial charge is 0.386 e. The summed E-state index contributed by atoms with van der Waals surface area (Å²) in [4.78, 5) is 0. The first kappa shape index (κ1) is 26.3. The molecule has 0 saturated heterocycles. The second-order valence-electron chi connectivity index (χ2n) is 10.3. The molecule has 1 fully saturated rings. The van der Waals surface area contributed by atoms with Crippen LogP contribution < -0.4 is 10.0 Å². The van der Waals surface area contributed by atoms with Crippen molar-refractivity contribution in [3.63, 3.8) is 0 Å². The number of nitrogens with zero attached hydrogens (tertiary/aromatic N) is 2. The average molecular weight is 503 g/mol. The highest BCUT2D eigenvalue weighted by Gasteiger charge is 2.22. The quantitative estimate of drug-likeness (QED) is 0.277. The molecule has 3 aromatic rings. The molecule has 0 spiro atoms. The predicted molar refractivity (Wildman–Crippen MR) is 160 cm³/mol. The van der Waals surface area contributed by atoms with Crippen LogP contribution in [0.4, 0.5) is 0 Å². The van der Waals surface area contributed by atoms with Gasteiger partial charge in [0.1, 0.15) is 0 Å². The van der Waals surface area contributed by atoms with Gasteiger partial charge in [0.15, 0.2) is 0 Å². The molecule has 0 bridgehead atoms. The highest BCUT2D eigenvalue weighted by molar-refractivity contribution is 8.10. The Bertz CT molecular complexity index is 1230. The lowest BCUT2D eigenvalue weighted by atomic mass is 9.84. The molecule has 2 atom stereocenters. The van der Waals surface area contributed by atoms with Crippen LogP contribution in [0.1, 0.15) is 60.3 Å². The van der Waals surface area contributed by atoms with Crippen LogP contribution in [0.3, 0.4) is 0 Å². The lowest BCUT2D eigenvalue weighted by molar-refractivity contribution is 0.443. The van der Waals surface area contributed by atoms with Crippen molar-refractivity contribution in [1.82, 2.24) is 18.9 Å². The van der Waals surface area contributed by atoms with Crippen LogP contribution in [0.5, 0.6) is 0 Å². The van der Waals surface area contributed by atoms with E-state index >= 15 is 0 Å². The number of rotatable bonds is 11. The van der Waals surface area contributed by atoms with Crippen molar-refractivity contribution in [2.24, 2.45) is 0 Å². The van der Waals surface area contributed by atoms with Crippen molar-refractivity contribution in [2.75, 3.05) is 14.1 Å². The highest BCUT2D eigenvalue weighted by Crippen LogP contribution is 2.38. The third-order valence-corrected chi connectivity index (χ3v) is 8.85. The maximum Gasteiger partial charge on any atom is 0.0490 e. The standard InChI is InChI=1S/C31H42N4S/c1-7-32-28(19-26-16-12-11-13-23(26)2)21-35-22-30(25-14-9-8-10-15-25)29-18-17-27(20-31(29)35)24(3)33-36(6)34(4)5/h7,11-13,16-18,20,22,25,28,32-33H,1,3,6,8-10,14-15,19,21H2,2,4-5H3. The van der Waals surface area contributed by atoms with Crippen LogP contribution in [-0.2, 0) is 13.0 Å². The van der Waals surface area contributed by atoms with Crippen LogP contribution in [0.2, 0.25) is 0 Å². The van der Waals surface area contributed by atoms with Gasteiger partial charge in [-0.25, -0.2) is 4.31 Å². The van der Waals surface area contributed by atoms with Gasteiger partial charge in [-0.15, -0.1) is 0 Å². The second-order valence-corrected chi connectivity index (χ2v) is 11.9. The van der Waals surface area contributed by atoms with Crippen LogP contribution in [0.15, 0.2) is 68.0 Å². The molecule has 1 aliphatic rings. The zero-order valence-electron chi connectivity index (χ0n) is 22.2. The number of benzene rings is 2. The molecule has 192 valence electrons. The number of nitrogens with one attached hydrogen (secondary N) is 2. The monoisotopic (exact) mass is 502 g/mol. The fourth-order valence-corrected chi connectivity index (χ4v) is 5.96. The van der Waals surface area contributed by atoms with E-state index in [1.165, 1.54) is 59.7 Å². The molecule has 2 aromatic carbocycles. The van der Waals surface area contributed by atoms with Crippen molar-refractivity contribution in [2.45, 2.75) is 64.0 Å². The summed E-state index contributed by atoms with van der Waals surface area (Å²) in [7, 11) is 3.74. The fraction of sp³-hybridized carbons (Fsp3) is 0.387. The van der Waals surface area contributed by atoms with E-state index in [0.717, 1.165) is 24.2 Å². The van der Waals surface area contributed by atoms with Crippen LogP contribution >= 0.6 is 10.9 Å². The maximum atomic E-state index is 4.33. The Balaban J connectivity index is 1.70. The van der Waals surface area contributed by atoms with Gasteiger partial charge in [0.2, 0.25) is 0 Å². The molecular weight excluding hydrogens is 460 g/mol. The zero-order chi connectivity index (χ0) is 25.7. The smallest absolute Gasteiger partial charge is 0.0490 e. The Labute approximate surface area is 220 Å². The third-order valence-electron chi connectivity index (χ3n) is 7.49. The minimum Gasteiger partial charge on any atom is -0.386 e. The van der Waals surface area contributed by atoms with Gasteiger partial charge in [-0.1, -0.05) is 68.8 Å². The topological polar surface area (TPSA) is 32.2 Å². The summed E-state index contributed by atoms with van der Waals surface area (Å²) in [6, 6.07) is 15.8. The Hall–Kier alpha value is -2.76. The molecule has 2 N–H and O–H groups in total. The van der Waals surface area contributed by atoms with Crippen molar-refractivity contribution in [3.8, 4) is 0 Å². The number of hydrogen-bond acceptors (Lipinski definition) is 3. The third kappa shape index (κ3) is 6.13. The van der Waals surface area contributed by atoms with E-state index in [9.17, 15) is 0 Å². The summed E-state index contributed by atoms with van der Waals surface area (Å²) in [5.41, 5.74) is 7.54.